The van der Waals surface area contributed by atoms with Crippen LogP contribution in [0.4, 0.5) is 0 Å². The van der Waals surface area contributed by atoms with Crippen LogP contribution >= 0.6 is 0 Å². The molecular weight excluding hydrogens is 218 g/mol. The predicted molar refractivity (Wildman–Crippen MR) is 78.6 cm³/mol. The molecule has 18 heavy (non-hydrogen) atoms. The van der Waals surface area contributed by atoms with E-state index >= 15 is 0 Å². The molecule has 0 saturated heterocycles. The van der Waals surface area contributed by atoms with E-state index in [1.165, 1.54) is 33.4 Å². The molecule has 0 amide bonds. The zero-order valence-electron chi connectivity index (χ0n) is 11.5. The Morgan fingerprint density at radius 3 is 1.94 bits per heavy atom. The highest BCUT2D eigenvalue weighted by Gasteiger charge is 2.05. The zero-order valence-corrected chi connectivity index (χ0v) is 11.5. The van der Waals surface area contributed by atoms with Crippen molar-refractivity contribution in [1.82, 2.24) is 4.98 Å². The summed E-state index contributed by atoms with van der Waals surface area (Å²) in [5, 5.41) is 0. The fourth-order valence-corrected chi connectivity index (χ4v) is 2.15. The molecule has 0 fully saturated rings. The summed E-state index contributed by atoms with van der Waals surface area (Å²) in [4.78, 5) is 4.03. The molecule has 0 atom stereocenters. The molecule has 92 valence electrons. The number of aryl methyl sites for hydroxylation is 2. The van der Waals surface area contributed by atoms with Gasteiger partial charge in [-0.15, -0.1) is 0 Å². The Bertz CT molecular complexity index is 554. The van der Waals surface area contributed by atoms with E-state index in [1.54, 1.807) is 0 Å². The van der Waals surface area contributed by atoms with E-state index in [0.29, 0.717) is 0 Å². The van der Waals surface area contributed by atoms with Crippen molar-refractivity contribution >= 4 is 12.2 Å². The van der Waals surface area contributed by atoms with Gasteiger partial charge in [0.05, 0.1) is 0 Å². The Balaban J connectivity index is 2.44. The van der Waals surface area contributed by atoms with Gasteiger partial charge >= 0.3 is 0 Å². The summed E-state index contributed by atoms with van der Waals surface area (Å²) in [6.45, 7) is 8.72. The maximum atomic E-state index is 4.03. The number of aromatic nitrogens is 1. The second-order valence-corrected chi connectivity index (χ2v) is 4.79. The van der Waals surface area contributed by atoms with Crippen molar-refractivity contribution in [3.63, 3.8) is 0 Å². The fourth-order valence-electron chi connectivity index (χ4n) is 2.15. The summed E-state index contributed by atoms with van der Waals surface area (Å²) in [5.41, 5.74) is 7.96. The Kier molecular flexibility index (Phi) is 3.61. The van der Waals surface area contributed by atoms with Gasteiger partial charge in [0, 0.05) is 12.4 Å². The molecule has 0 spiro atoms. The maximum absolute atomic E-state index is 4.03. The molecule has 1 heteroatoms. The first-order chi connectivity index (χ1) is 8.59. The first kappa shape index (κ1) is 12.6. The largest absolute Gasteiger partial charge is 0.265 e. The fraction of sp³-hybridized carbons (Fsp3) is 0.235. The molecule has 0 aliphatic heterocycles. The second-order valence-electron chi connectivity index (χ2n) is 4.79. The minimum Gasteiger partial charge on any atom is -0.265 e. The minimum atomic E-state index is 1.18. The van der Waals surface area contributed by atoms with Crippen molar-refractivity contribution in [3.8, 4) is 0 Å². The highest BCUT2D eigenvalue weighted by molar-refractivity contribution is 5.73. The highest BCUT2D eigenvalue weighted by atomic mass is 14.6. The lowest BCUT2D eigenvalue weighted by Gasteiger charge is -2.12. The Labute approximate surface area is 109 Å². The maximum Gasteiger partial charge on any atom is 0.0273 e. The molecule has 0 unspecified atom stereocenters. The normalized spacial score (nSPS) is 11.1. The molecule has 2 aromatic rings. The van der Waals surface area contributed by atoms with E-state index in [9.17, 15) is 0 Å². The van der Waals surface area contributed by atoms with Gasteiger partial charge in [-0.05, 0) is 73.2 Å². The van der Waals surface area contributed by atoms with Crippen LogP contribution in [0.25, 0.3) is 12.2 Å². The lowest BCUT2D eigenvalue weighted by molar-refractivity contribution is 1.23. The van der Waals surface area contributed by atoms with E-state index in [4.69, 9.17) is 0 Å². The quantitative estimate of drug-likeness (QED) is 0.750. The first-order valence-corrected chi connectivity index (χ1v) is 6.25. The van der Waals surface area contributed by atoms with Crippen LogP contribution in [-0.4, -0.2) is 4.98 Å². The van der Waals surface area contributed by atoms with Crippen molar-refractivity contribution in [3.05, 3.63) is 64.0 Å². The van der Waals surface area contributed by atoms with E-state index in [0.717, 1.165) is 0 Å². The second kappa shape index (κ2) is 5.18. The van der Waals surface area contributed by atoms with E-state index < -0.39 is 0 Å². The third-order valence-electron chi connectivity index (χ3n) is 3.57. The Morgan fingerprint density at radius 2 is 1.39 bits per heavy atom. The number of nitrogens with zero attached hydrogens (tertiary/aromatic N) is 1. The highest BCUT2D eigenvalue weighted by Crippen LogP contribution is 2.23. The van der Waals surface area contributed by atoms with Gasteiger partial charge in [0.25, 0.3) is 0 Å². The summed E-state index contributed by atoms with van der Waals surface area (Å²) in [7, 11) is 0. The van der Waals surface area contributed by atoms with Crippen molar-refractivity contribution in [2.24, 2.45) is 0 Å². The molecule has 2 rings (SSSR count). The lowest BCUT2D eigenvalue weighted by Crippen LogP contribution is -1.94. The predicted octanol–water partition coefficient (Wildman–Crippen LogP) is 4.49. The standard InChI is InChI=1S/C17H19N/c1-12-11-13(2)15(4)17(14(12)3)6-5-16-7-9-18-10-8-16/h5-11H,1-4H3. The van der Waals surface area contributed by atoms with Crippen molar-refractivity contribution in [2.75, 3.05) is 0 Å². The van der Waals surface area contributed by atoms with Crippen LogP contribution in [0.3, 0.4) is 0 Å². The van der Waals surface area contributed by atoms with Crippen LogP contribution in [-0.2, 0) is 0 Å². The summed E-state index contributed by atoms with van der Waals surface area (Å²) >= 11 is 0. The minimum absolute atomic E-state index is 1.18. The molecule has 0 bridgehead atoms. The number of hydrogen-bond donors (Lipinski definition) is 0. The molecule has 0 radical (unpaired) electrons. The van der Waals surface area contributed by atoms with Gasteiger partial charge in [0.15, 0.2) is 0 Å². The molecule has 1 aromatic carbocycles. The number of rotatable bonds is 2. The van der Waals surface area contributed by atoms with Crippen LogP contribution in [0.15, 0.2) is 30.6 Å². The molecular formula is C17H19N. The average Bonchev–Trinajstić information content (AvgIpc) is 2.38. The van der Waals surface area contributed by atoms with Gasteiger partial charge in [-0.1, -0.05) is 18.2 Å². The van der Waals surface area contributed by atoms with Gasteiger partial charge in [0.2, 0.25) is 0 Å². The average molecular weight is 237 g/mol. The van der Waals surface area contributed by atoms with Gasteiger partial charge < -0.3 is 0 Å². The number of hydrogen-bond acceptors (Lipinski definition) is 1. The Hall–Kier alpha value is -1.89. The molecule has 0 saturated carbocycles. The summed E-state index contributed by atoms with van der Waals surface area (Å²) in [6, 6.07) is 6.29. The lowest BCUT2D eigenvalue weighted by atomic mass is 9.94. The summed E-state index contributed by atoms with van der Waals surface area (Å²) < 4.78 is 0. The van der Waals surface area contributed by atoms with Crippen molar-refractivity contribution in [1.29, 1.82) is 0 Å². The topological polar surface area (TPSA) is 12.9 Å². The third kappa shape index (κ3) is 2.51. The van der Waals surface area contributed by atoms with Gasteiger partial charge in [-0.3, -0.25) is 4.98 Å². The van der Waals surface area contributed by atoms with E-state index in [2.05, 4.69) is 50.9 Å². The molecule has 0 N–H and O–H groups in total. The number of benzene rings is 1. The zero-order chi connectivity index (χ0) is 13.1. The van der Waals surface area contributed by atoms with E-state index in [-0.39, 0.29) is 0 Å². The summed E-state index contributed by atoms with van der Waals surface area (Å²) in [5.74, 6) is 0. The molecule has 1 nitrogen and oxygen atoms in total. The summed E-state index contributed by atoms with van der Waals surface area (Å²) in [6.07, 6.45) is 8.00. The Morgan fingerprint density at radius 1 is 0.833 bits per heavy atom. The number of pyridine rings is 1. The van der Waals surface area contributed by atoms with Crippen LogP contribution < -0.4 is 0 Å². The monoisotopic (exact) mass is 237 g/mol. The van der Waals surface area contributed by atoms with Gasteiger partial charge in [-0.25, -0.2) is 0 Å². The van der Waals surface area contributed by atoms with Crippen LogP contribution in [0.5, 0.6) is 0 Å². The van der Waals surface area contributed by atoms with Crippen molar-refractivity contribution in [2.45, 2.75) is 27.7 Å². The van der Waals surface area contributed by atoms with Crippen LogP contribution in [0.1, 0.15) is 33.4 Å². The van der Waals surface area contributed by atoms with Gasteiger partial charge in [0.1, 0.15) is 0 Å². The molecule has 1 heterocycles. The molecule has 1 aromatic heterocycles. The van der Waals surface area contributed by atoms with Crippen molar-refractivity contribution < 1.29 is 0 Å². The van der Waals surface area contributed by atoms with Crippen LogP contribution in [0.2, 0.25) is 0 Å². The van der Waals surface area contributed by atoms with Crippen LogP contribution in [0, 0.1) is 27.7 Å². The molecule has 0 aliphatic carbocycles. The third-order valence-corrected chi connectivity index (χ3v) is 3.57. The first-order valence-electron chi connectivity index (χ1n) is 6.25. The smallest absolute Gasteiger partial charge is 0.0273 e. The van der Waals surface area contributed by atoms with E-state index in [1.807, 2.05) is 24.5 Å². The SMILES string of the molecule is Cc1cc(C)c(C)c(C=Cc2ccncc2)c1C. The van der Waals surface area contributed by atoms with Gasteiger partial charge in [-0.2, -0.15) is 0 Å². The molecule has 0 aliphatic rings.